The van der Waals surface area contributed by atoms with E-state index in [9.17, 15) is 18.3 Å². The minimum absolute atomic E-state index is 0.0182. The SMILES string of the molecule is Cc1cc(I)ccc1NS(=O)(=O)c1cc(C(=O)O)c(C)cc1C. The van der Waals surface area contributed by atoms with Crippen molar-refractivity contribution in [2.45, 2.75) is 25.7 Å². The van der Waals surface area contributed by atoms with Crippen molar-refractivity contribution in [3.63, 3.8) is 0 Å². The van der Waals surface area contributed by atoms with Crippen LogP contribution in [0.5, 0.6) is 0 Å². The Morgan fingerprint density at radius 2 is 1.70 bits per heavy atom. The fourth-order valence-electron chi connectivity index (χ4n) is 2.29. The van der Waals surface area contributed by atoms with Crippen LogP contribution in [0.25, 0.3) is 0 Å². The summed E-state index contributed by atoms with van der Waals surface area (Å²) in [6.45, 7) is 5.10. The van der Waals surface area contributed by atoms with Crippen molar-refractivity contribution in [1.82, 2.24) is 0 Å². The van der Waals surface area contributed by atoms with Crippen LogP contribution in [0.4, 0.5) is 5.69 Å². The van der Waals surface area contributed by atoms with Gasteiger partial charge in [-0.25, -0.2) is 13.2 Å². The normalized spacial score (nSPS) is 11.3. The maximum Gasteiger partial charge on any atom is 0.335 e. The van der Waals surface area contributed by atoms with E-state index in [0.717, 1.165) is 9.13 Å². The number of carboxylic acid groups (broad SMARTS) is 1. The average molecular weight is 445 g/mol. The fourth-order valence-corrected chi connectivity index (χ4v) is 4.32. The Hall–Kier alpha value is -1.61. The van der Waals surface area contributed by atoms with E-state index in [1.807, 2.05) is 13.0 Å². The van der Waals surface area contributed by atoms with Gasteiger partial charge in [0.05, 0.1) is 16.1 Å². The van der Waals surface area contributed by atoms with Crippen molar-refractivity contribution >= 4 is 44.3 Å². The molecule has 0 aliphatic rings. The van der Waals surface area contributed by atoms with E-state index in [0.29, 0.717) is 16.8 Å². The summed E-state index contributed by atoms with van der Waals surface area (Å²) in [5, 5.41) is 9.20. The van der Waals surface area contributed by atoms with Gasteiger partial charge < -0.3 is 5.11 Å². The third-order valence-corrected chi connectivity index (χ3v) is 5.65. The summed E-state index contributed by atoms with van der Waals surface area (Å²) < 4.78 is 28.8. The zero-order valence-electron chi connectivity index (χ0n) is 12.8. The molecule has 0 aromatic heterocycles. The quantitative estimate of drug-likeness (QED) is 0.703. The molecule has 0 unspecified atom stereocenters. The Labute approximate surface area is 148 Å². The predicted octanol–water partition coefficient (Wildman–Crippen LogP) is 3.72. The highest BCUT2D eigenvalue weighted by molar-refractivity contribution is 14.1. The number of aromatic carboxylic acids is 1. The molecule has 0 aliphatic heterocycles. The van der Waals surface area contributed by atoms with Crippen LogP contribution in [0.1, 0.15) is 27.0 Å². The van der Waals surface area contributed by atoms with Gasteiger partial charge in [0.1, 0.15) is 0 Å². The Balaban J connectivity index is 2.51. The molecule has 2 rings (SSSR count). The average Bonchev–Trinajstić information content (AvgIpc) is 2.41. The molecule has 0 radical (unpaired) electrons. The van der Waals surface area contributed by atoms with Gasteiger partial charge in [-0.3, -0.25) is 4.72 Å². The molecule has 7 heteroatoms. The van der Waals surface area contributed by atoms with Crippen molar-refractivity contribution in [3.8, 4) is 0 Å². The number of carboxylic acids is 1. The molecule has 0 aliphatic carbocycles. The number of rotatable bonds is 4. The smallest absolute Gasteiger partial charge is 0.335 e. The molecule has 0 fully saturated rings. The van der Waals surface area contributed by atoms with Gasteiger partial charge >= 0.3 is 5.97 Å². The molecule has 23 heavy (non-hydrogen) atoms. The number of sulfonamides is 1. The number of halogens is 1. The van der Waals surface area contributed by atoms with Crippen LogP contribution in [0.3, 0.4) is 0 Å². The van der Waals surface area contributed by atoms with Crippen LogP contribution in [-0.2, 0) is 10.0 Å². The standard InChI is InChI=1S/C16H16INO4S/c1-9-6-11(3)15(8-13(9)16(19)20)23(21,22)18-14-5-4-12(17)7-10(14)2/h4-8,18H,1-3H3,(H,19,20). The maximum absolute atomic E-state index is 12.6. The van der Waals surface area contributed by atoms with Crippen molar-refractivity contribution in [1.29, 1.82) is 0 Å². The van der Waals surface area contributed by atoms with Gasteiger partial charge in [-0.15, -0.1) is 0 Å². The van der Waals surface area contributed by atoms with Gasteiger partial charge in [0.25, 0.3) is 10.0 Å². The highest BCUT2D eigenvalue weighted by atomic mass is 127. The van der Waals surface area contributed by atoms with Crippen LogP contribution in [0.2, 0.25) is 0 Å². The van der Waals surface area contributed by atoms with Crippen molar-refractivity contribution in [2.24, 2.45) is 0 Å². The Kier molecular flexibility index (Phi) is 5.00. The van der Waals surface area contributed by atoms with Crippen molar-refractivity contribution < 1.29 is 18.3 Å². The minimum Gasteiger partial charge on any atom is -0.478 e. The van der Waals surface area contributed by atoms with Crippen molar-refractivity contribution in [3.05, 3.63) is 56.2 Å². The lowest BCUT2D eigenvalue weighted by molar-refractivity contribution is 0.0696. The Morgan fingerprint density at radius 3 is 2.26 bits per heavy atom. The molecule has 0 spiro atoms. The topological polar surface area (TPSA) is 83.5 Å². The highest BCUT2D eigenvalue weighted by Crippen LogP contribution is 2.25. The van der Waals surface area contributed by atoms with Crippen LogP contribution in [0, 0.1) is 24.3 Å². The van der Waals surface area contributed by atoms with E-state index < -0.39 is 16.0 Å². The second-order valence-electron chi connectivity index (χ2n) is 5.30. The van der Waals surface area contributed by atoms with E-state index in [1.165, 1.54) is 6.07 Å². The third-order valence-electron chi connectivity index (χ3n) is 3.47. The molecule has 2 aromatic rings. The third kappa shape index (κ3) is 3.84. The van der Waals surface area contributed by atoms with E-state index in [4.69, 9.17) is 0 Å². The molecule has 2 N–H and O–H groups in total. The molecule has 0 saturated carbocycles. The zero-order valence-corrected chi connectivity index (χ0v) is 15.8. The van der Waals surface area contributed by atoms with Crippen molar-refractivity contribution in [2.75, 3.05) is 4.72 Å². The number of carbonyl (C=O) groups is 1. The first-order valence-corrected chi connectivity index (χ1v) is 9.31. The molecular formula is C16H16INO4S. The van der Waals surface area contributed by atoms with E-state index in [1.54, 1.807) is 32.0 Å². The van der Waals surface area contributed by atoms with E-state index in [2.05, 4.69) is 27.3 Å². The molecular weight excluding hydrogens is 429 g/mol. The Morgan fingerprint density at radius 1 is 1.04 bits per heavy atom. The van der Waals surface area contributed by atoms with Crippen LogP contribution in [0.15, 0.2) is 35.2 Å². The maximum atomic E-state index is 12.6. The van der Waals surface area contributed by atoms with E-state index >= 15 is 0 Å². The van der Waals surface area contributed by atoms with Crippen LogP contribution >= 0.6 is 22.6 Å². The number of aryl methyl sites for hydroxylation is 3. The van der Waals surface area contributed by atoms with Crippen LogP contribution < -0.4 is 4.72 Å². The summed E-state index contributed by atoms with van der Waals surface area (Å²) in [5.74, 6) is -1.15. The lowest BCUT2D eigenvalue weighted by Crippen LogP contribution is -2.16. The van der Waals surface area contributed by atoms with Gasteiger partial charge in [0, 0.05) is 3.57 Å². The summed E-state index contributed by atoms with van der Waals surface area (Å²) in [6.07, 6.45) is 0. The summed E-state index contributed by atoms with van der Waals surface area (Å²) in [7, 11) is -3.87. The van der Waals surface area contributed by atoms with E-state index in [-0.39, 0.29) is 10.5 Å². The summed E-state index contributed by atoms with van der Waals surface area (Å²) in [5.41, 5.74) is 2.28. The number of benzene rings is 2. The molecule has 2 aromatic carbocycles. The highest BCUT2D eigenvalue weighted by Gasteiger charge is 2.21. The number of nitrogens with one attached hydrogen (secondary N) is 1. The molecule has 0 atom stereocenters. The number of anilines is 1. The van der Waals surface area contributed by atoms with Crippen LogP contribution in [-0.4, -0.2) is 19.5 Å². The Bertz CT molecular complexity index is 891. The minimum atomic E-state index is -3.87. The molecule has 0 bridgehead atoms. The summed E-state index contributed by atoms with van der Waals surface area (Å²) in [4.78, 5) is 11.2. The first-order valence-electron chi connectivity index (χ1n) is 6.75. The largest absolute Gasteiger partial charge is 0.478 e. The molecule has 0 saturated heterocycles. The summed E-state index contributed by atoms with van der Waals surface area (Å²) >= 11 is 2.15. The number of hydrogen-bond donors (Lipinski definition) is 2. The zero-order chi connectivity index (χ0) is 17.4. The first-order chi connectivity index (χ1) is 10.6. The molecule has 122 valence electrons. The first kappa shape index (κ1) is 17.7. The monoisotopic (exact) mass is 445 g/mol. The second-order valence-corrected chi connectivity index (χ2v) is 8.20. The lowest BCUT2D eigenvalue weighted by Gasteiger charge is -2.14. The van der Waals surface area contributed by atoms with Gasteiger partial charge in [-0.2, -0.15) is 0 Å². The second kappa shape index (κ2) is 6.48. The van der Waals surface area contributed by atoms with Gasteiger partial charge in [-0.05, 0) is 84.3 Å². The lowest BCUT2D eigenvalue weighted by atomic mass is 10.1. The van der Waals surface area contributed by atoms with Gasteiger partial charge in [0.2, 0.25) is 0 Å². The summed E-state index contributed by atoms with van der Waals surface area (Å²) in [6, 6.07) is 8.13. The molecule has 0 amide bonds. The fraction of sp³-hybridized carbons (Fsp3) is 0.188. The molecule has 0 heterocycles. The van der Waals surface area contributed by atoms with Gasteiger partial charge in [-0.1, -0.05) is 6.07 Å². The number of hydrogen-bond acceptors (Lipinski definition) is 3. The predicted molar refractivity (Wildman–Crippen MR) is 97.6 cm³/mol. The van der Waals surface area contributed by atoms with Gasteiger partial charge in [0.15, 0.2) is 0 Å². The molecule has 5 nitrogen and oxygen atoms in total.